The van der Waals surface area contributed by atoms with Gasteiger partial charge in [0.15, 0.2) is 0 Å². The van der Waals surface area contributed by atoms with E-state index in [-0.39, 0.29) is 6.61 Å². The third-order valence-electron chi connectivity index (χ3n) is 2.03. The fourth-order valence-corrected chi connectivity index (χ4v) is 2.29. The molecule has 0 radical (unpaired) electrons. The van der Waals surface area contributed by atoms with Gasteiger partial charge < -0.3 is 5.11 Å². The molecule has 11 heavy (non-hydrogen) atoms. The second kappa shape index (κ2) is 2.80. The Morgan fingerprint density at radius 2 is 2.36 bits per heavy atom. The molecule has 0 saturated carbocycles. The van der Waals surface area contributed by atoms with Crippen molar-refractivity contribution in [3.63, 3.8) is 0 Å². The average Bonchev–Trinajstić information content (AvgIpc) is 2.50. The van der Waals surface area contributed by atoms with Gasteiger partial charge in [0.1, 0.15) is 0 Å². The second-order valence-corrected chi connectivity index (χ2v) is 3.72. The van der Waals surface area contributed by atoms with E-state index in [0.29, 0.717) is 0 Å². The first-order chi connectivity index (χ1) is 5.40. The Kier molecular flexibility index (Phi) is 1.80. The van der Waals surface area contributed by atoms with Crippen LogP contribution in [0, 0.1) is 0 Å². The maximum absolute atomic E-state index is 8.89. The van der Waals surface area contributed by atoms with Crippen LogP contribution >= 0.6 is 11.3 Å². The normalized spacial score (nSPS) is 15.9. The standard InChI is InChI=1S/C9H10OS/c10-6-7-1-2-8-3-4-11-9(8)5-7/h3-5,10H,1-2,6H2. The zero-order valence-electron chi connectivity index (χ0n) is 6.21. The fourth-order valence-electron chi connectivity index (χ4n) is 1.36. The molecule has 2 rings (SSSR count). The molecule has 1 aliphatic carbocycles. The van der Waals surface area contributed by atoms with E-state index in [1.807, 2.05) is 0 Å². The largest absolute Gasteiger partial charge is 0.392 e. The zero-order chi connectivity index (χ0) is 7.68. The van der Waals surface area contributed by atoms with Crippen LogP contribution < -0.4 is 0 Å². The highest BCUT2D eigenvalue weighted by Gasteiger charge is 2.09. The van der Waals surface area contributed by atoms with Crippen LogP contribution in [0.4, 0.5) is 0 Å². The van der Waals surface area contributed by atoms with E-state index in [9.17, 15) is 0 Å². The zero-order valence-corrected chi connectivity index (χ0v) is 7.03. The van der Waals surface area contributed by atoms with Crippen LogP contribution in [0.5, 0.6) is 0 Å². The van der Waals surface area contributed by atoms with Crippen LogP contribution in [0.3, 0.4) is 0 Å². The Bertz CT molecular complexity index is 286. The molecule has 0 unspecified atom stereocenters. The van der Waals surface area contributed by atoms with Crippen molar-refractivity contribution in [3.05, 3.63) is 27.5 Å². The molecule has 0 fully saturated rings. The third kappa shape index (κ3) is 1.24. The summed E-state index contributed by atoms with van der Waals surface area (Å²) in [5, 5.41) is 11.0. The SMILES string of the molecule is OCC1=Cc2sccc2CC1. The second-order valence-electron chi connectivity index (χ2n) is 2.77. The van der Waals surface area contributed by atoms with Gasteiger partial charge in [-0.2, -0.15) is 0 Å². The minimum absolute atomic E-state index is 0.220. The first-order valence-electron chi connectivity index (χ1n) is 3.77. The quantitative estimate of drug-likeness (QED) is 0.677. The van der Waals surface area contributed by atoms with Crippen molar-refractivity contribution < 1.29 is 5.11 Å². The van der Waals surface area contributed by atoms with Gasteiger partial charge in [0.2, 0.25) is 0 Å². The summed E-state index contributed by atoms with van der Waals surface area (Å²) in [6, 6.07) is 2.17. The molecule has 0 bridgehead atoms. The fraction of sp³-hybridized carbons (Fsp3) is 0.333. The maximum atomic E-state index is 8.89. The van der Waals surface area contributed by atoms with Crippen LogP contribution in [-0.2, 0) is 6.42 Å². The van der Waals surface area contributed by atoms with Gasteiger partial charge in [0.05, 0.1) is 6.61 Å². The molecule has 1 nitrogen and oxygen atoms in total. The summed E-state index contributed by atoms with van der Waals surface area (Å²) in [5.41, 5.74) is 2.60. The summed E-state index contributed by atoms with van der Waals surface area (Å²) in [4.78, 5) is 1.33. The third-order valence-corrected chi connectivity index (χ3v) is 2.94. The summed E-state index contributed by atoms with van der Waals surface area (Å²) in [7, 11) is 0. The molecule has 0 aliphatic heterocycles. The molecular weight excluding hydrogens is 156 g/mol. The Morgan fingerprint density at radius 1 is 1.45 bits per heavy atom. The molecule has 1 aromatic heterocycles. The molecule has 2 heteroatoms. The first-order valence-corrected chi connectivity index (χ1v) is 4.65. The van der Waals surface area contributed by atoms with Crippen molar-refractivity contribution in [3.8, 4) is 0 Å². The van der Waals surface area contributed by atoms with Gasteiger partial charge in [-0.15, -0.1) is 11.3 Å². The average molecular weight is 166 g/mol. The van der Waals surface area contributed by atoms with Crippen LogP contribution in [-0.4, -0.2) is 11.7 Å². The molecule has 1 aliphatic rings. The highest BCUT2D eigenvalue weighted by atomic mass is 32.1. The van der Waals surface area contributed by atoms with Crippen molar-refractivity contribution in [1.82, 2.24) is 0 Å². The number of fused-ring (bicyclic) bond motifs is 1. The highest BCUT2D eigenvalue weighted by Crippen LogP contribution is 2.27. The van der Waals surface area contributed by atoms with Gasteiger partial charge in [0, 0.05) is 4.88 Å². The molecule has 0 aromatic carbocycles. The van der Waals surface area contributed by atoms with Crippen molar-refractivity contribution >= 4 is 17.4 Å². The van der Waals surface area contributed by atoms with E-state index in [0.717, 1.165) is 12.8 Å². The molecule has 1 heterocycles. The lowest BCUT2D eigenvalue weighted by molar-refractivity contribution is 0.327. The highest BCUT2D eigenvalue weighted by molar-refractivity contribution is 7.11. The summed E-state index contributed by atoms with van der Waals surface area (Å²) < 4.78 is 0. The predicted molar refractivity (Wildman–Crippen MR) is 47.7 cm³/mol. The smallest absolute Gasteiger partial charge is 0.0645 e. The number of rotatable bonds is 1. The van der Waals surface area contributed by atoms with Crippen LogP contribution in [0.25, 0.3) is 6.08 Å². The summed E-state index contributed by atoms with van der Waals surface area (Å²) in [6.07, 6.45) is 4.24. The Labute approximate surface area is 70.0 Å². The lowest BCUT2D eigenvalue weighted by Gasteiger charge is -2.09. The Hall–Kier alpha value is -0.600. The Balaban J connectivity index is 2.37. The van der Waals surface area contributed by atoms with Crippen LogP contribution in [0.2, 0.25) is 0 Å². The van der Waals surface area contributed by atoms with E-state index < -0.39 is 0 Å². The monoisotopic (exact) mass is 166 g/mol. The van der Waals surface area contributed by atoms with Crippen molar-refractivity contribution in [2.24, 2.45) is 0 Å². The number of hydrogen-bond acceptors (Lipinski definition) is 2. The van der Waals surface area contributed by atoms with Crippen LogP contribution in [0.15, 0.2) is 17.0 Å². The number of thiophene rings is 1. The van der Waals surface area contributed by atoms with Gasteiger partial charge in [-0.3, -0.25) is 0 Å². The van der Waals surface area contributed by atoms with Crippen molar-refractivity contribution in [2.75, 3.05) is 6.61 Å². The number of hydrogen-bond donors (Lipinski definition) is 1. The van der Waals surface area contributed by atoms with Gasteiger partial charge in [-0.1, -0.05) is 0 Å². The summed E-state index contributed by atoms with van der Waals surface area (Å²) >= 11 is 1.76. The number of aliphatic hydroxyl groups is 1. The number of aliphatic hydroxyl groups excluding tert-OH is 1. The van der Waals surface area contributed by atoms with Crippen molar-refractivity contribution in [2.45, 2.75) is 12.8 Å². The molecule has 1 aromatic rings. The minimum atomic E-state index is 0.220. The summed E-state index contributed by atoms with van der Waals surface area (Å²) in [6.45, 7) is 0.220. The van der Waals surface area contributed by atoms with Gasteiger partial charge in [-0.05, 0) is 41.5 Å². The lowest BCUT2D eigenvalue weighted by Crippen LogP contribution is -1.98. The van der Waals surface area contributed by atoms with E-state index in [1.54, 1.807) is 11.3 Å². The van der Waals surface area contributed by atoms with E-state index >= 15 is 0 Å². The topological polar surface area (TPSA) is 20.2 Å². The molecule has 0 amide bonds. The molecular formula is C9H10OS. The van der Waals surface area contributed by atoms with Gasteiger partial charge in [-0.25, -0.2) is 0 Å². The molecule has 0 spiro atoms. The maximum Gasteiger partial charge on any atom is 0.0645 e. The minimum Gasteiger partial charge on any atom is -0.392 e. The van der Waals surface area contributed by atoms with E-state index in [2.05, 4.69) is 17.5 Å². The van der Waals surface area contributed by atoms with Crippen molar-refractivity contribution in [1.29, 1.82) is 0 Å². The molecule has 0 saturated heterocycles. The molecule has 0 atom stereocenters. The number of aryl methyl sites for hydroxylation is 1. The predicted octanol–water partition coefficient (Wildman–Crippen LogP) is 2.07. The van der Waals surface area contributed by atoms with E-state index in [1.165, 1.54) is 16.0 Å². The molecule has 58 valence electrons. The van der Waals surface area contributed by atoms with Gasteiger partial charge in [0.25, 0.3) is 0 Å². The lowest BCUT2D eigenvalue weighted by atomic mass is 9.99. The van der Waals surface area contributed by atoms with Gasteiger partial charge >= 0.3 is 0 Å². The summed E-state index contributed by atoms with van der Waals surface area (Å²) in [5.74, 6) is 0. The first kappa shape index (κ1) is 7.07. The van der Waals surface area contributed by atoms with Crippen LogP contribution in [0.1, 0.15) is 16.9 Å². The Morgan fingerprint density at radius 3 is 3.18 bits per heavy atom. The van der Waals surface area contributed by atoms with E-state index in [4.69, 9.17) is 5.11 Å². The molecule has 1 N–H and O–H groups in total.